The lowest BCUT2D eigenvalue weighted by molar-refractivity contribution is -0.384. The molecular weight excluding hydrogens is 530 g/mol. The van der Waals surface area contributed by atoms with E-state index in [1.807, 2.05) is 6.92 Å². The van der Waals surface area contributed by atoms with Crippen LogP contribution in [0, 0.1) is 10.1 Å². The highest BCUT2D eigenvalue weighted by atomic mass is 16.6. The van der Waals surface area contributed by atoms with E-state index in [-0.39, 0.29) is 35.4 Å². The van der Waals surface area contributed by atoms with Crippen LogP contribution in [-0.2, 0) is 31.8 Å². The molecule has 13 heteroatoms. The van der Waals surface area contributed by atoms with E-state index < -0.39 is 28.1 Å². The maximum Gasteiger partial charge on any atom is 0.345 e. The molecule has 0 radical (unpaired) electrons. The molecule has 210 valence electrons. The van der Waals surface area contributed by atoms with Crippen molar-refractivity contribution in [3.63, 3.8) is 0 Å². The van der Waals surface area contributed by atoms with E-state index in [0.29, 0.717) is 29.1 Å². The number of fused-ring (bicyclic) bond motifs is 1. The number of imidazole rings is 1. The number of hydrogen-bond acceptors (Lipinski definition) is 9. The number of ether oxygens (including phenoxy) is 1. The van der Waals surface area contributed by atoms with Gasteiger partial charge in [-0.2, -0.15) is 0 Å². The molecule has 3 aromatic heterocycles. The van der Waals surface area contributed by atoms with E-state index in [0.717, 1.165) is 10.3 Å². The van der Waals surface area contributed by atoms with Crippen LogP contribution in [-0.4, -0.2) is 40.3 Å². The number of carbonyl (C=O) groups is 1. The number of nitrogens with zero attached hydrogens (tertiary/aromatic N) is 7. The SMILES string of the molecule is CC1=NC(C)=C(OC(=O)c2cccnc2CCn2c(=O)c3c(ncn3C)n(C)c2=O)C(c2cccc([N+](=O)[O-])c2)C1. The molecule has 0 amide bonds. The third-order valence-electron chi connectivity index (χ3n) is 7.10. The highest BCUT2D eigenvalue weighted by molar-refractivity contribution is 5.92. The molecule has 1 aromatic carbocycles. The Labute approximate surface area is 233 Å². The van der Waals surface area contributed by atoms with E-state index in [1.165, 1.54) is 29.2 Å². The Kier molecular flexibility index (Phi) is 7.18. The van der Waals surface area contributed by atoms with E-state index in [1.54, 1.807) is 49.9 Å². The molecule has 0 bridgehead atoms. The second-order valence-corrected chi connectivity index (χ2v) is 9.87. The van der Waals surface area contributed by atoms with Crippen LogP contribution in [0.1, 0.15) is 47.8 Å². The molecule has 4 heterocycles. The molecule has 0 fully saturated rings. The number of esters is 1. The number of rotatable bonds is 7. The van der Waals surface area contributed by atoms with Crippen molar-refractivity contribution in [1.29, 1.82) is 0 Å². The first-order valence-electron chi connectivity index (χ1n) is 12.8. The van der Waals surface area contributed by atoms with Crippen molar-refractivity contribution in [3.8, 4) is 0 Å². The minimum absolute atomic E-state index is 0.0224. The Hall–Kier alpha value is -5.20. The highest BCUT2D eigenvalue weighted by Crippen LogP contribution is 2.37. The smallest absolute Gasteiger partial charge is 0.345 e. The summed E-state index contributed by atoms with van der Waals surface area (Å²) >= 11 is 0. The summed E-state index contributed by atoms with van der Waals surface area (Å²) in [6, 6.07) is 9.38. The van der Waals surface area contributed by atoms with Crippen LogP contribution in [0.5, 0.6) is 0 Å². The van der Waals surface area contributed by atoms with Crippen molar-refractivity contribution < 1.29 is 14.5 Å². The minimum Gasteiger partial charge on any atom is -0.425 e. The van der Waals surface area contributed by atoms with Gasteiger partial charge in [-0.3, -0.25) is 34.0 Å². The van der Waals surface area contributed by atoms with Crippen LogP contribution < -0.4 is 11.2 Å². The molecule has 5 rings (SSSR count). The molecule has 1 unspecified atom stereocenters. The van der Waals surface area contributed by atoms with Gasteiger partial charge in [0.15, 0.2) is 11.2 Å². The first-order valence-corrected chi connectivity index (χ1v) is 12.8. The van der Waals surface area contributed by atoms with Gasteiger partial charge in [0.05, 0.1) is 28.2 Å². The lowest BCUT2D eigenvalue weighted by atomic mass is 9.89. The summed E-state index contributed by atoms with van der Waals surface area (Å²) in [6.45, 7) is 3.54. The van der Waals surface area contributed by atoms with Crippen molar-refractivity contribution in [2.45, 2.75) is 39.2 Å². The number of hydrogen-bond donors (Lipinski definition) is 0. The predicted octanol–water partition coefficient (Wildman–Crippen LogP) is 3.02. The summed E-state index contributed by atoms with van der Waals surface area (Å²) in [7, 11) is 3.21. The van der Waals surface area contributed by atoms with Gasteiger partial charge in [-0.15, -0.1) is 0 Å². The van der Waals surface area contributed by atoms with Crippen molar-refractivity contribution in [1.82, 2.24) is 23.7 Å². The molecule has 0 saturated heterocycles. The Morgan fingerprint density at radius 1 is 1.15 bits per heavy atom. The second-order valence-electron chi connectivity index (χ2n) is 9.87. The van der Waals surface area contributed by atoms with Crippen LogP contribution >= 0.6 is 0 Å². The molecule has 1 aliphatic rings. The summed E-state index contributed by atoms with van der Waals surface area (Å²) in [6.07, 6.45) is 3.51. The van der Waals surface area contributed by atoms with Gasteiger partial charge < -0.3 is 9.30 Å². The largest absolute Gasteiger partial charge is 0.425 e. The number of aryl methyl sites for hydroxylation is 3. The fourth-order valence-electron chi connectivity index (χ4n) is 5.09. The van der Waals surface area contributed by atoms with Gasteiger partial charge in [0.25, 0.3) is 11.2 Å². The molecule has 0 N–H and O–H groups in total. The number of aromatic nitrogens is 5. The van der Waals surface area contributed by atoms with Crippen LogP contribution in [0.15, 0.2) is 75.0 Å². The van der Waals surface area contributed by atoms with Crippen LogP contribution in [0.4, 0.5) is 5.69 Å². The summed E-state index contributed by atoms with van der Waals surface area (Å²) in [5, 5.41) is 11.4. The molecular formula is C28H27N7O6. The van der Waals surface area contributed by atoms with E-state index in [9.17, 15) is 24.5 Å². The zero-order valence-corrected chi connectivity index (χ0v) is 22.9. The van der Waals surface area contributed by atoms with Crippen molar-refractivity contribution in [2.75, 3.05) is 0 Å². The third kappa shape index (κ3) is 5.09. The summed E-state index contributed by atoms with van der Waals surface area (Å²) in [5.41, 5.74) is 1.93. The fraction of sp³-hybridized carbons (Fsp3) is 0.286. The number of benzene rings is 1. The quantitative estimate of drug-likeness (QED) is 0.191. The summed E-state index contributed by atoms with van der Waals surface area (Å²) in [5.74, 6) is -0.846. The average Bonchev–Trinajstić information content (AvgIpc) is 3.34. The van der Waals surface area contributed by atoms with Gasteiger partial charge in [0.2, 0.25) is 0 Å². The Bertz CT molecular complexity index is 1900. The van der Waals surface area contributed by atoms with E-state index in [4.69, 9.17) is 4.74 Å². The summed E-state index contributed by atoms with van der Waals surface area (Å²) < 4.78 is 9.86. The molecule has 13 nitrogen and oxygen atoms in total. The number of carbonyl (C=O) groups excluding carboxylic acids is 1. The average molecular weight is 558 g/mol. The number of nitro benzene ring substituents is 1. The minimum atomic E-state index is -0.685. The number of pyridine rings is 1. The Morgan fingerprint density at radius 3 is 2.68 bits per heavy atom. The second kappa shape index (κ2) is 10.8. The monoisotopic (exact) mass is 557 g/mol. The van der Waals surface area contributed by atoms with E-state index >= 15 is 0 Å². The number of non-ortho nitro benzene ring substituents is 1. The molecule has 0 saturated carbocycles. The topological polar surface area (TPSA) is 157 Å². The normalized spacial score (nSPS) is 15.2. The first kappa shape index (κ1) is 27.4. The molecule has 4 aromatic rings. The molecule has 41 heavy (non-hydrogen) atoms. The lowest BCUT2D eigenvalue weighted by Gasteiger charge is -2.25. The standard InChI is InChI=1S/C28H27N7O6/c1-16-13-21(18-7-5-8-19(14-18)35(39)40)24(17(2)31-16)41-27(37)20-9-6-11-29-22(20)10-12-34-26(36)23-25(30-15-32(23)3)33(4)28(34)38/h5-9,11,14-15,21H,10,12-13H2,1-4H3. The zero-order valence-electron chi connectivity index (χ0n) is 22.9. The van der Waals surface area contributed by atoms with Crippen LogP contribution in [0.25, 0.3) is 11.2 Å². The Balaban J connectivity index is 1.45. The van der Waals surface area contributed by atoms with Crippen molar-refractivity contribution >= 4 is 28.5 Å². The van der Waals surface area contributed by atoms with Crippen molar-refractivity contribution in [2.24, 2.45) is 19.1 Å². The maximum absolute atomic E-state index is 13.5. The van der Waals surface area contributed by atoms with Crippen molar-refractivity contribution in [3.05, 3.63) is 108 Å². The lowest BCUT2D eigenvalue weighted by Crippen LogP contribution is -2.40. The van der Waals surface area contributed by atoms with E-state index in [2.05, 4.69) is 15.0 Å². The van der Waals surface area contributed by atoms with Crippen LogP contribution in [0.3, 0.4) is 0 Å². The van der Waals surface area contributed by atoms with Crippen LogP contribution in [0.2, 0.25) is 0 Å². The molecule has 0 spiro atoms. The first-order chi connectivity index (χ1) is 19.6. The molecule has 1 aliphatic heterocycles. The van der Waals surface area contributed by atoms with Gasteiger partial charge in [0, 0.05) is 57.0 Å². The molecule has 0 aliphatic carbocycles. The van der Waals surface area contributed by atoms with Gasteiger partial charge in [0.1, 0.15) is 5.76 Å². The number of nitro groups is 1. The van der Waals surface area contributed by atoms with Gasteiger partial charge in [-0.1, -0.05) is 12.1 Å². The number of aliphatic imine (C=N–C) groups is 1. The summed E-state index contributed by atoms with van der Waals surface area (Å²) in [4.78, 5) is 63.4. The number of allylic oxidation sites excluding steroid dienone is 2. The van der Waals surface area contributed by atoms with Gasteiger partial charge in [-0.05, 0) is 38.0 Å². The van der Waals surface area contributed by atoms with Gasteiger partial charge >= 0.3 is 11.7 Å². The Morgan fingerprint density at radius 2 is 1.93 bits per heavy atom. The highest BCUT2D eigenvalue weighted by Gasteiger charge is 2.29. The predicted molar refractivity (Wildman–Crippen MR) is 150 cm³/mol. The maximum atomic E-state index is 13.5. The fourth-order valence-corrected chi connectivity index (χ4v) is 5.09. The third-order valence-corrected chi connectivity index (χ3v) is 7.10. The van der Waals surface area contributed by atoms with Gasteiger partial charge in [-0.25, -0.2) is 14.6 Å². The molecule has 1 atom stereocenters. The zero-order chi connectivity index (χ0) is 29.4.